The van der Waals surface area contributed by atoms with E-state index in [1.54, 1.807) is 0 Å². The van der Waals surface area contributed by atoms with Crippen molar-refractivity contribution in [2.75, 3.05) is 0 Å². The SMILES string of the molecule is CC(C)(C)CC1=C/c2c(ccc3c2Cc2ccccc2-3)/C=C/C=C\1. The average molecular weight is 312 g/mol. The van der Waals surface area contributed by atoms with Crippen LogP contribution in [0.1, 0.15) is 49.4 Å². The van der Waals surface area contributed by atoms with E-state index < -0.39 is 0 Å². The molecule has 4 rings (SSSR count). The van der Waals surface area contributed by atoms with Crippen molar-refractivity contribution >= 4 is 12.2 Å². The zero-order valence-electron chi connectivity index (χ0n) is 14.8. The molecule has 0 saturated heterocycles. The third-order valence-corrected chi connectivity index (χ3v) is 4.83. The molecule has 0 unspecified atom stereocenters. The Morgan fingerprint density at radius 2 is 1.67 bits per heavy atom. The number of benzene rings is 2. The summed E-state index contributed by atoms with van der Waals surface area (Å²) < 4.78 is 0. The highest BCUT2D eigenvalue weighted by Gasteiger charge is 2.22. The van der Waals surface area contributed by atoms with Gasteiger partial charge in [-0.15, -0.1) is 0 Å². The molecule has 0 bridgehead atoms. The summed E-state index contributed by atoms with van der Waals surface area (Å²) in [7, 11) is 0. The van der Waals surface area contributed by atoms with Crippen LogP contribution in [0.4, 0.5) is 0 Å². The first-order valence-electron chi connectivity index (χ1n) is 8.81. The lowest BCUT2D eigenvalue weighted by molar-refractivity contribution is 0.414. The number of fused-ring (bicyclic) bond motifs is 5. The van der Waals surface area contributed by atoms with Crippen LogP contribution in [0.25, 0.3) is 23.3 Å². The Balaban J connectivity index is 1.87. The van der Waals surface area contributed by atoms with E-state index in [2.05, 4.69) is 87.5 Å². The summed E-state index contributed by atoms with van der Waals surface area (Å²) in [6.07, 6.45) is 13.4. The second-order valence-electron chi connectivity index (χ2n) is 8.10. The smallest absolute Gasteiger partial charge is 0.000728 e. The third-order valence-electron chi connectivity index (χ3n) is 4.83. The van der Waals surface area contributed by atoms with E-state index in [1.807, 2.05) is 0 Å². The van der Waals surface area contributed by atoms with E-state index in [9.17, 15) is 0 Å². The summed E-state index contributed by atoms with van der Waals surface area (Å²) in [5.41, 5.74) is 10.2. The van der Waals surface area contributed by atoms with Crippen molar-refractivity contribution in [2.45, 2.75) is 33.6 Å². The predicted molar refractivity (Wildman–Crippen MR) is 105 cm³/mol. The van der Waals surface area contributed by atoms with E-state index in [4.69, 9.17) is 0 Å². The van der Waals surface area contributed by atoms with Gasteiger partial charge < -0.3 is 0 Å². The fraction of sp³-hybridized carbons (Fsp3) is 0.250. The second kappa shape index (κ2) is 5.63. The second-order valence-corrected chi connectivity index (χ2v) is 8.10. The van der Waals surface area contributed by atoms with Crippen LogP contribution in [0, 0.1) is 5.41 Å². The minimum absolute atomic E-state index is 0.292. The fourth-order valence-electron chi connectivity index (χ4n) is 3.86. The largest absolute Gasteiger partial charge is 0.0620 e. The van der Waals surface area contributed by atoms with Gasteiger partial charge in [0, 0.05) is 0 Å². The monoisotopic (exact) mass is 312 g/mol. The lowest BCUT2D eigenvalue weighted by Crippen LogP contribution is -2.06. The maximum atomic E-state index is 2.42. The number of allylic oxidation sites excluding steroid dienone is 4. The Hall–Kier alpha value is -2.34. The molecule has 24 heavy (non-hydrogen) atoms. The molecule has 0 radical (unpaired) electrons. The Kier molecular flexibility index (Phi) is 3.57. The molecule has 0 aromatic heterocycles. The van der Waals surface area contributed by atoms with Gasteiger partial charge in [-0.05, 0) is 57.2 Å². The molecule has 2 aliphatic carbocycles. The van der Waals surface area contributed by atoms with Crippen LogP contribution in [-0.4, -0.2) is 0 Å². The normalized spacial score (nSPS) is 20.0. The van der Waals surface area contributed by atoms with Crippen molar-refractivity contribution in [3.8, 4) is 11.1 Å². The van der Waals surface area contributed by atoms with Crippen molar-refractivity contribution in [1.82, 2.24) is 0 Å². The Labute approximate surface area is 145 Å². The van der Waals surface area contributed by atoms with Gasteiger partial charge in [0.2, 0.25) is 0 Å². The number of hydrogen-bond acceptors (Lipinski definition) is 0. The van der Waals surface area contributed by atoms with Crippen LogP contribution >= 0.6 is 0 Å². The molecule has 0 spiro atoms. The zero-order valence-corrected chi connectivity index (χ0v) is 14.8. The molecule has 2 aromatic rings. The van der Waals surface area contributed by atoms with Crippen LogP contribution in [0.15, 0.2) is 60.2 Å². The van der Waals surface area contributed by atoms with Crippen LogP contribution in [0.5, 0.6) is 0 Å². The van der Waals surface area contributed by atoms with Crippen LogP contribution < -0.4 is 0 Å². The maximum Gasteiger partial charge on any atom is -0.000728 e. The molecule has 120 valence electrons. The Morgan fingerprint density at radius 3 is 2.50 bits per heavy atom. The van der Waals surface area contributed by atoms with Crippen molar-refractivity contribution in [3.05, 3.63) is 82.5 Å². The van der Waals surface area contributed by atoms with E-state index in [-0.39, 0.29) is 0 Å². The standard InChI is InChI=1S/C24H24/c1-24(2,3)16-17-8-4-5-9-18-12-13-21-20-11-7-6-10-19(20)15-23(21)22(18)14-17/h4-14H,15-16H2,1-3H3/b5-4?,8-4-,9-5+,17-8?,17-14+,18-9?,22-14?. The summed E-state index contributed by atoms with van der Waals surface area (Å²) in [6, 6.07) is 13.4. The van der Waals surface area contributed by atoms with Crippen molar-refractivity contribution in [2.24, 2.45) is 5.41 Å². The predicted octanol–water partition coefficient (Wildman–Crippen LogP) is 6.66. The minimum Gasteiger partial charge on any atom is -0.0620 e. The summed E-state index contributed by atoms with van der Waals surface area (Å²) in [4.78, 5) is 0. The van der Waals surface area contributed by atoms with E-state index in [0.717, 1.165) is 12.8 Å². The lowest BCUT2D eigenvalue weighted by Gasteiger charge is -2.20. The average Bonchev–Trinajstić information content (AvgIpc) is 2.87. The summed E-state index contributed by atoms with van der Waals surface area (Å²) in [5.74, 6) is 0. The molecule has 0 N–H and O–H groups in total. The molecular weight excluding hydrogens is 288 g/mol. The highest BCUT2D eigenvalue weighted by Crippen LogP contribution is 2.41. The summed E-state index contributed by atoms with van der Waals surface area (Å²) in [6.45, 7) is 6.92. The van der Waals surface area contributed by atoms with Crippen molar-refractivity contribution in [3.63, 3.8) is 0 Å². The molecule has 2 aliphatic rings. The van der Waals surface area contributed by atoms with Crippen LogP contribution in [0.3, 0.4) is 0 Å². The van der Waals surface area contributed by atoms with Gasteiger partial charge in [0.25, 0.3) is 0 Å². The molecule has 0 amide bonds. The highest BCUT2D eigenvalue weighted by molar-refractivity contribution is 5.85. The Morgan fingerprint density at radius 1 is 0.875 bits per heavy atom. The molecule has 0 heterocycles. The molecular formula is C24H24. The van der Waals surface area contributed by atoms with Gasteiger partial charge >= 0.3 is 0 Å². The van der Waals surface area contributed by atoms with Crippen LogP contribution in [-0.2, 0) is 6.42 Å². The number of rotatable bonds is 1. The van der Waals surface area contributed by atoms with E-state index >= 15 is 0 Å². The van der Waals surface area contributed by atoms with Crippen molar-refractivity contribution < 1.29 is 0 Å². The van der Waals surface area contributed by atoms with E-state index in [0.29, 0.717) is 5.41 Å². The molecule has 0 saturated carbocycles. The molecule has 2 aromatic carbocycles. The fourth-order valence-corrected chi connectivity index (χ4v) is 3.86. The topological polar surface area (TPSA) is 0 Å². The van der Waals surface area contributed by atoms with Gasteiger partial charge in [0.15, 0.2) is 0 Å². The summed E-state index contributed by atoms with van der Waals surface area (Å²) >= 11 is 0. The van der Waals surface area contributed by atoms with Gasteiger partial charge in [-0.2, -0.15) is 0 Å². The molecule has 0 nitrogen and oxygen atoms in total. The Bertz CT molecular complexity index is 883. The first kappa shape index (κ1) is 15.2. The maximum absolute atomic E-state index is 2.42. The lowest BCUT2D eigenvalue weighted by atomic mass is 9.85. The first-order chi connectivity index (χ1) is 11.5. The molecule has 0 aliphatic heterocycles. The van der Waals surface area contributed by atoms with E-state index in [1.165, 1.54) is 39.0 Å². The van der Waals surface area contributed by atoms with Gasteiger partial charge in [0.05, 0.1) is 0 Å². The zero-order chi connectivity index (χ0) is 16.7. The van der Waals surface area contributed by atoms with Gasteiger partial charge in [-0.25, -0.2) is 0 Å². The third kappa shape index (κ3) is 2.78. The quantitative estimate of drug-likeness (QED) is 0.471. The van der Waals surface area contributed by atoms with Gasteiger partial charge in [-0.3, -0.25) is 0 Å². The summed E-state index contributed by atoms with van der Waals surface area (Å²) in [5, 5.41) is 0. The molecule has 0 atom stereocenters. The van der Waals surface area contributed by atoms with Crippen molar-refractivity contribution in [1.29, 1.82) is 0 Å². The minimum atomic E-state index is 0.292. The van der Waals surface area contributed by atoms with Gasteiger partial charge in [-0.1, -0.05) is 87.5 Å². The highest BCUT2D eigenvalue weighted by atomic mass is 14.3. The number of hydrogen-bond donors (Lipinski definition) is 0. The molecule has 0 heteroatoms. The molecule has 0 fully saturated rings. The van der Waals surface area contributed by atoms with Crippen LogP contribution in [0.2, 0.25) is 0 Å². The first-order valence-corrected chi connectivity index (χ1v) is 8.81. The van der Waals surface area contributed by atoms with Gasteiger partial charge in [0.1, 0.15) is 0 Å².